The van der Waals surface area contributed by atoms with E-state index in [0.717, 1.165) is 0 Å². The van der Waals surface area contributed by atoms with Crippen LogP contribution in [0.2, 0.25) is 0 Å². The van der Waals surface area contributed by atoms with E-state index in [-0.39, 0.29) is 24.2 Å². The van der Waals surface area contributed by atoms with Crippen molar-refractivity contribution in [1.29, 1.82) is 0 Å². The average molecular weight is 356 g/mol. The summed E-state index contributed by atoms with van der Waals surface area (Å²) in [5.41, 5.74) is 0.648. The summed E-state index contributed by atoms with van der Waals surface area (Å²) in [6.07, 6.45) is 0.698. The summed E-state index contributed by atoms with van der Waals surface area (Å²) < 4.78 is 18.8. The first-order chi connectivity index (χ1) is 12.6. The van der Waals surface area contributed by atoms with E-state index >= 15 is 0 Å². The first kappa shape index (κ1) is 17.9. The monoisotopic (exact) mass is 356 g/mol. The van der Waals surface area contributed by atoms with Gasteiger partial charge in [-0.3, -0.25) is 9.59 Å². The Kier molecular flexibility index (Phi) is 5.84. The molecule has 6 heteroatoms. The van der Waals surface area contributed by atoms with E-state index in [4.69, 9.17) is 4.74 Å². The second-order valence-electron chi connectivity index (χ2n) is 6.11. The molecule has 1 saturated heterocycles. The van der Waals surface area contributed by atoms with Gasteiger partial charge in [-0.2, -0.15) is 0 Å². The number of carbonyl (C=O) groups excluding carboxylic acids is 2. The van der Waals surface area contributed by atoms with Crippen LogP contribution in [0.5, 0.6) is 5.75 Å². The first-order valence-electron chi connectivity index (χ1n) is 8.64. The van der Waals surface area contributed by atoms with Crippen LogP contribution in [0.4, 0.5) is 4.39 Å². The number of benzene rings is 2. The van der Waals surface area contributed by atoms with Gasteiger partial charge < -0.3 is 14.5 Å². The lowest BCUT2D eigenvalue weighted by molar-refractivity contribution is -0.133. The highest BCUT2D eigenvalue weighted by atomic mass is 19.1. The molecule has 0 bridgehead atoms. The van der Waals surface area contributed by atoms with Gasteiger partial charge in [-0.05, 0) is 30.7 Å². The molecule has 0 atom stereocenters. The van der Waals surface area contributed by atoms with Crippen molar-refractivity contribution in [2.45, 2.75) is 6.42 Å². The normalized spacial score (nSPS) is 14.7. The molecule has 3 rings (SSSR count). The Morgan fingerprint density at radius 2 is 1.54 bits per heavy atom. The van der Waals surface area contributed by atoms with Crippen LogP contribution in [0.15, 0.2) is 54.6 Å². The Bertz CT molecular complexity index is 767. The van der Waals surface area contributed by atoms with Crippen LogP contribution < -0.4 is 4.74 Å². The molecule has 2 aromatic carbocycles. The molecular weight excluding hydrogens is 335 g/mol. The second kappa shape index (κ2) is 8.47. The summed E-state index contributed by atoms with van der Waals surface area (Å²) in [6.45, 7) is 1.86. The number of hydrogen-bond donors (Lipinski definition) is 0. The molecule has 1 fully saturated rings. The summed E-state index contributed by atoms with van der Waals surface area (Å²) in [7, 11) is 0. The Labute approximate surface area is 152 Å². The van der Waals surface area contributed by atoms with Gasteiger partial charge >= 0.3 is 0 Å². The van der Waals surface area contributed by atoms with Gasteiger partial charge in [-0.15, -0.1) is 0 Å². The van der Waals surface area contributed by atoms with Gasteiger partial charge in [0.2, 0.25) is 0 Å². The van der Waals surface area contributed by atoms with Crippen LogP contribution in [0.1, 0.15) is 16.8 Å². The topological polar surface area (TPSA) is 49.9 Å². The highest BCUT2D eigenvalue weighted by Gasteiger charge is 2.23. The number of rotatable bonds is 4. The van der Waals surface area contributed by atoms with Crippen molar-refractivity contribution < 1.29 is 18.7 Å². The Morgan fingerprint density at radius 3 is 2.31 bits per heavy atom. The van der Waals surface area contributed by atoms with E-state index < -0.39 is 5.82 Å². The Morgan fingerprint density at radius 1 is 0.885 bits per heavy atom. The van der Waals surface area contributed by atoms with Crippen molar-refractivity contribution in [3.05, 3.63) is 66.0 Å². The molecule has 26 heavy (non-hydrogen) atoms. The molecule has 136 valence electrons. The fraction of sp³-hybridized carbons (Fsp3) is 0.300. The predicted molar refractivity (Wildman–Crippen MR) is 95.4 cm³/mol. The van der Waals surface area contributed by atoms with Gasteiger partial charge in [-0.25, -0.2) is 4.39 Å². The molecule has 2 aromatic rings. The van der Waals surface area contributed by atoms with Crippen LogP contribution in [0.25, 0.3) is 0 Å². The van der Waals surface area contributed by atoms with Crippen LogP contribution in [0, 0.1) is 5.82 Å². The molecule has 0 saturated carbocycles. The molecule has 1 aliphatic rings. The lowest BCUT2D eigenvalue weighted by Crippen LogP contribution is -2.39. The maximum atomic E-state index is 13.6. The fourth-order valence-electron chi connectivity index (χ4n) is 2.93. The lowest BCUT2D eigenvalue weighted by atomic mass is 10.2. The maximum Gasteiger partial charge on any atom is 0.260 e. The summed E-state index contributed by atoms with van der Waals surface area (Å²) in [5, 5.41) is 0. The molecule has 0 unspecified atom stereocenters. The molecular formula is C20H21FN2O3. The summed E-state index contributed by atoms with van der Waals surface area (Å²) in [4.78, 5) is 28.3. The van der Waals surface area contributed by atoms with Crippen molar-refractivity contribution >= 4 is 11.8 Å². The minimum Gasteiger partial charge on any atom is -0.481 e. The van der Waals surface area contributed by atoms with E-state index in [2.05, 4.69) is 0 Å². The van der Waals surface area contributed by atoms with Crippen LogP contribution in [-0.4, -0.2) is 54.4 Å². The average Bonchev–Trinajstić information content (AvgIpc) is 2.93. The molecule has 0 radical (unpaired) electrons. The highest BCUT2D eigenvalue weighted by Crippen LogP contribution is 2.16. The summed E-state index contributed by atoms with van der Waals surface area (Å²) in [5.74, 6) is -0.655. The van der Waals surface area contributed by atoms with Gasteiger partial charge in [0.15, 0.2) is 18.2 Å². The van der Waals surface area contributed by atoms with Gasteiger partial charge in [-0.1, -0.05) is 30.3 Å². The van der Waals surface area contributed by atoms with Gasteiger partial charge in [0.25, 0.3) is 11.8 Å². The highest BCUT2D eigenvalue weighted by molar-refractivity contribution is 5.94. The standard InChI is InChI=1S/C20H21FN2O3/c21-17-9-4-5-10-18(17)26-15-19(24)22-11-6-12-23(14-13-22)20(25)16-7-2-1-3-8-16/h1-5,7-10H,6,11-15H2. The quantitative estimate of drug-likeness (QED) is 0.846. The molecule has 0 aliphatic carbocycles. The molecule has 2 amide bonds. The number of carbonyl (C=O) groups is 2. The Hall–Kier alpha value is -2.89. The van der Waals surface area contributed by atoms with Gasteiger partial charge in [0, 0.05) is 31.7 Å². The van der Waals surface area contributed by atoms with E-state index in [1.165, 1.54) is 12.1 Å². The van der Waals surface area contributed by atoms with Crippen molar-refractivity contribution in [2.24, 2.45) is 0 Å². The number of hydrogen-bond acceptors (Lipinski definition) is 3. The minimum absolute atomic E-state index is 0.0255. The SMILES string of the molecule is O=C(COc1ccccc1F)N1CCCN(C(=O)c2ccccc2)CC1. The molecule has 5 nitrogen and oxygen atoms in total. The first-order valence-corrected chi connectivity index (χ1v) is 8.64. The van der Waals surface area contributed by atoms with Crippen molar-refractivity contribution in [3.8, 4) is 5.75 Å². The Balaban J connectivity index is 1.54. The zero-order valence-electron chi connectivity index (χ0n) is 14.4. The smallest absolute Gasteiger partial charge is 0.260 e. The third-order valence-corrected chi connectivity index (χ3v) is 4.34. The molecule has 0 spiro atoms. The maximum absolute atomic E-state index is 13.6. The van der Waals surface area contributed by atoms with Crippen LogP contribution in [0.3, 0.4) is 0 Å². The second-order valence-corrected chi connectivity index (χ2v) is 6.11. The van der Waals surface area contributed by atoms with Gasteiger partial charge in [0.05, 0.1) is 0 Å². The van der Waals surface area contributed by atoms with Crippen molar-refractivity contribution in [3.63, 3.8) is 0 Å². The number of halogens is 1. The predicted octanol–water partition coefficient (Wildman–Crippen LogP) is 2.58. The third kappa shape index (κ3) is 4.39. The third-order valence-electron chi connectivity index (χ3n) is 4.34. The van der Waals surface area contributed by atoms with Crippen LogP contribution >= 0.6 is 0 Å². The minimum atomic E-state index is -0.490. The summed E-state index contributed by atoms with van der Waals surface area (Å²) >= 11 is 0. The van der Waals surface area contributed by atoms with Crippen molar-refractivity contribution in [1.82, 2.24) is 9.80 Å². The van der Waals surface area contributed by atoms with E-state index in [1.807, 2.05) is 18.2 Å². The largest absolute Gasteiger partial charge is 0.481 e. The number of ether oxygens (including phenoxy) is 1. The molecule has 0 aromatic heterocycles. The zero-order chi connectivity index (χ0) is 18.4. The van der Waals surface area contributed by atoms with Crippen LogP contribution in [-0.2, 0) is 4.79 Å². The zero-order valence-corrected chi connectivity index (χ0v) is 14.4. The lowest BCUT2D eigenvalue weighted by Gasteiger charge is -2.22. The van der Waals surface area contributed by atoms with Gasteiger partial charge in [0.1, 0.15) is 0 Å². The number of amides is 2. The number of nitrogens with zero attached hydrogens (tertiary/aromatic N) is 2. The molecule has 1 aliphatic heterocycles. The number of para-hydroxylation sites is 1. The fourth-order valence-corrected chi connectivity index (χ4v) is 2.93. The van der Waals surface area contributed by atoms with E-state index in [9.17, 15) is 14.0 Å². The molecule has 0 N–H and O–H groups in total. The summed E-state index contributed by atoms with van der Waals surface area (Å²) in [6, 6.07) is 15.1. The molecule has 1 heterocycles. The van der Waals surface area contributed by atoms with Crippen molar-refractivity contribution in [2.75, 3.05) is 32.8 Å². The van der Waals surface area contributed by atoms with E-state index in [0.29, 0.717) is 38.2 Å². The van der Waals surface area contributed by atoms with E-state index in [1.54, 1.807) is 34.1 Å².